The van der Waals surface area contributed by atoms with Crippen molar-refractivity contribution in [3.05, 3.63) is 64.7 Å². The maximum atomic E-state index is 13.2. The SMILES string of the molecule is O=C(C=Cc1ccc(C(F)(F)F)cc1N1CCCCC1)Nc1cccc2c1C[C@@H](O)C2. The first-order valence-electron chi connectivity index (χ1n) is 10.6. The molecule has 164 valence electrons. The number of nitrogens with zero attached hydrogens (tertiary/aromatic N) is 1. The quantitative estimate of drug-likeness (QED) is 0.685. The fraction of sp³-hybridized carbons (Fsp3) is 0.375. The zero-order valence-electron chi connectivity index (χ0n) is 17.1. The topological polar surface area (TPSA) is 52.6 Å². The van der Waals surface area contributed by atoms with Gasteiger partial charge in [-0.2, -0.15) is 13.2 Å². The Labute approximate surface area is 179 Å². The van der Waals surface area contributed by atoms with E-state index >= 15 is 0 Å². The summed E-state index contributed by atoms with van der Waals surface area (Å²) in [7, 11) is 0. The van der Waals surface area contributed by atoms with Gasteiger partial charge in [-0.15, -0.1) is 0 Å². The summed E-state index contributed by atoms with van der Waals surface area (Å²) >= 11 is 0. The van der Waals surface area contributed by atoms with Crippen LogP contribution in [0, 0.1) is 0 Å². The van der Waals surface area contributed by atoms with Crippen LogP contribution in [0.4, 0.5) is 24.5 Å². The number of alkyl halides is 3. The lowest BCUT2D eigenvalue weighted by atomic mass is 10.0. The Bertz CT molecular complexity index is 995. The normalized spacial score (nSPS) is 19.0. The van der Waals surface area contributed by atoms with Crippen molar-refractivity contribution in [1.29, 1.82) is 0 Å². The smallest absolute Gasteiger partial charge is 0.392 e. The third-order valence-corrected chi connectivity index (χ3v) is 5.89. The number of carbonyl (C=O) groups is 1. The second kappa shape index (κ2) is 8.75. The van der Waals surface area contributed by atoms with Crippen molar-refractivity contribution in [3.63, 3.8) is 0 Å². The van der Waals surface area contributed by atoms with Crippen molar-refractivity contribution in [3.8, 4) is 0 Å². The number of halogens is 3. The lowest BCUT2D eigenvalue weighted by Gasteiger charge is -2.30. The molecule has 31 heavy (non-hydrogen) atoms. The number of rotatable bonds is 4. The molecule has 1 aliphatic heterocycles. The molecule has 2 aliphatic rings. The van der Waals surface area contributed by atoms with Crippen molar-refractivity contribution in [1.82, 2.24) is 0 Å². The minimum Gasteiger partial charge on any atom is -0.392 e. The Morgan fingerprint density at radius 3 is 2.61 bits per heavy atom. The van der Waals surface area contributed by atoms with Gasteiger partial charge in [0.15, 0.2) is 0 Å². The monoisotopic (exact) mass is 430 g/mol. The molecule has 7 heteroatoms. The number of anilines is 2. The predicted octanol–water partition coefficient (Wildman–Crippen LogP) is 4.81. The Morgan fingerprint density at radius 1 is 1.10 bits per heavy atom. The highest BCUT2D eigenvalue weighted by Gasteiger charge is 2.31. The van der Waals surface area contributed by atoms with Gasteiger partial charge in [-0.1, -0.05) is 18.2 Å². The summed E-state index contributed by atoms with van der Waals surface area (Å²) < 4.78 is 39.7. The first-order chi connectivity index (χ1) is 14.8. The number of aliphatic hydroxyl groups is 1. The summed E-state index contributed by atoms with van der Waals surface area (Å²) in [5.74, 6) is -0.362. The van der Waals surface area contributed by atoms with Crippen LogP contribution < -0.4 is 10.2 Å². The molecule has 0 unspecified atom stereocenters. The number of nitrogens with one attached hydrogen (secondary N) is 1. The molecule has 1 fully saturated rings. The highest BCUT2D eigenvalue weighted by molar-refractivity contribution is 6.03. The molecule has 2 aromatic carbocycles. The third-order valence-electron chi connectivity index (χ3n) is 5.89. The molecule has 0 saturated carbocycles. The molecule has 1 aliphatic carbocycles. The third kappa shape index (κ3) is 4.93. The summed E-state index contributed by atoms with van der Waals surface area (Å²) in [6.45, 7) is 1.40. The van der Waals surface area contributed by atoms with Crippen LogP contribution in [0.3, 0.4) is 0 Å². The van der Waals surface area contributed by atoms with Crippen molar-refractivity contribution in [2.75, 3.05) is 23.3 Å². The van der Waals surface area contributed by atoms with E-state index in [4.69, 9.17) is 0 Å². The number of amides is 1. The van der Waals surface area contributed by atoms with Gasteiger partial charge < -0.3 is 15.3 Å². The lowest BCUT2D eigenvalue weighted by molar-refractivity contribution is -0.137. The number of benzene rings is 2. The van der Waals surface area contributed by atoms with Gasteiger partial charge in [0.05, 0.1) is 11.7 Å². The van der Waals surface area contributed by atoms with Crippen LogP contribution in [0.1, 0.15) is 41.5 Å². The van der Waals surface area contributed by atoms with Gasteiger partial charge in [-0.3, -0.25) is 4.79 Å². The average molecular weight is 430 g/mol. The lowest BCUT2D eigenvalue weighted by Crippen LogP contribution is -2.30. The van der Waals surface area contributed by atoms with E-state index in [2.05, 4.69) is 5.32 Å². The number of hydrogen-bond acceptors (Lipinski definition) is 3. The van der Waals surface area contributed by atoms with Crippen LogP contribution in [0.15, 0.2) is 42.5 Å². The molecule has 2 N–H and O–H groups in total. The van der Waals surface area contributed by atoms with Crippen molar-refractivity contribution < 1.29 is 23.1 Å². The first kappa shape index (κ1) is 21.4. The van der Waals surface area contributed by atoms with E-state index in [9.17, 15) is 23.1 Å². The van der Waals surface area contributed by atoms with Crippen molar-refractivity contribution in [2.24, 2.45) is 0 Å². The molecule has 1 heterocycles. The minimum atomic E-state index is -4.41. The summed E-state index contributed by atoms with van der Waals surface area (Å²) in [5.41, 5.74) is 3.01. The molecular formula is C24H25F3N2O2. The minimum absolute atomic E-state index is 0.362. The zero-order chi connectivity index (χ0) is 22.0. The highest BCUT2D eigenvalue weighted by Crippen LogP contribution is 2.35. The second-order valence-corrected chi connectivity index (χ2v) is 8.15. The van der Waals surface area contributed by atoms with Gasteiger partial charge in [0, 0.05) is 37.0 Å². The van der Waals surface area contributed by atoms with E-state index in [-0.39, 0.29) is 5.91 Å². The van der Waals surface area contributed by atoms with Crippen LogP contribution in [0.25, 0.3) is 6.08 Å². The fourth-order valence-corrected chi connectivity index (χ4v) is 4.36. The van der Waals surface area contributed by atoms with Crippen LogP contribution >= 0.6 is 0 Å². The number of carbonyl (C=O) groups excluding carboxylic acids is 1. The fourth-order valence-electron chi connectivity index (χ4n) is 4.36. The van der Waals surface area contributed by atoms with E-state index in [1.54, 1.807) is 12.1 Å². The Balaban J connectivity index is 1.55. The number of piperidine rings is 1. The van der Waals surface area contributed by atoms with Gasteiger partial charge in [0.25, 0.3) is 0 Å². The summed E-state index contributed by atoms with van der Waals surface area (Å²) in [5, 5.41) is 12.7. The van der Waals surface area contributed by atoms with Gasteiger partial charge in [0.1, 0.15) is 0 Å². The van der Waals surface area contributed by atoms with E-state index < -0.39 is 17.8 Å². The van der Waals surface area contributed by atoms with Crippen LogP contribution in [-0.4, -0.2) is 30.2 Å². The van der Waals surface area contributed by atoms with Crippen molar-refractivity contribution >= 4 is 23.4 Å². The maximum Gasteiger partial charge on any atom is 0.416 e. The molecule has 1 saturated heterocycles. The van der Waals surface area contributed by atoms with Crippen LogP contribution in [0.2, 0.25) is 0 Å². The molecule has 0 bridgehead atoms. The molecule has 0 spiro atoms. The largest absolute Gasteiger partial charge is 0.416 e. The summed E-state index contributed by atoms with van der Waals surface area (Å²) in [6, 6.07) is 9.21. The van der Waals surface area contributed by atoms with Gasteiger partial charge in [0.2, 0.25) is 5.91 Å². The molecule has 2 aromatic rings. The van der Waals surface area contributed by atoms with Crippen LogP contribution in [0.5, 0.6) is 0 Å². The van der Waals surface area contributed by atoms with Gasteiger partial charge >= 0.3 is 6.18 Å². The molecule has 1 amide bonds. The molecule has 0 radical (unpaired) electrons. The first-order valence-corrected chi connectivity index (χ1v) is 10.6. The molecule has 4 nitrogen and oxygen atoms in total. The standard InChI is InChI=1S/C24H25F3N2O2/c25-24(26,27)18-9-7-16(22(14-18)29-11-2-1-3-12-29)8-10-23(31)28-21-6-4-5-17-13-19(30)15-20(17)21/h4-10,14,19,30H,1-3,11-13,15H2,(H,28,31)/t19-/m0/s1. The van der Waals surface area contributed by atoms with E-state index in [1.165, 1.54) is 18.2 Å². The number of hydrogen-bond donors (Lipinski definition) is 2. The molecule has 0 aromatic heterocycles. The maximum absolute atomic E-state index is 13.2. The zero-order valence-corrected chi connectivity index (χ0v) is 17.1. The summed E-state index contributed by atoms with van der Waals surface area (Å²) in [6.07, 6.45) is 2.06. The van der Waals surface area contributed by atoms with Gasteiger partial charge in [-0.25, -0.2) is 0 Å². The van der Waals surface area contributed by atoms with Crippen molar-refractivity contribution in [2.45, 2.75) is 44.4 Å². The number of fused-ring (bicyclic) bond motifs is 1. The van der Waals surface area contributed by atoms with E-state index in [1.807, 2.05) is 17.0 Å². The Hall–Kier alpha value is -2.80. The number of aliphatic hydroxyl groups excluding tert-OH is 1. The molecule has 1 atom stereocenters. The van der Waals surface area contributed by atoms with Gasteiger partial charge in [-0.05, 0) is 66.6 Å². The predicted molar refractivity (Wildman–Crippen MR) is 115 cm³/mol. The van der Waals surface area contributed by atoms with E-state index in [0.29, 0.717) is 42.9 Å². The Kier molecular flexibility index (Phi) is 6.05. The average Bonchev–Trinajstić information content (AvgIpc) is 3.13. The molecular weight excluding hydrogens is 405 g/mol. The van der Waals surface area contributed by atoms with Crippen LogP contribution in [-0.2, 0) is 23.8 Å². The molecule has 4 rings (SSSR count). The Morgan fingerprint density at radius 2 is 1.87 bits per heavy atom. The second-order valence-electron chi connectivity index (χ2n) is 8.15. The highest BCUT2D eigenvalue weighted by atomic mass is 19.4. The summed E-state index contributed by atoms with van der Waals surface area (Å²) in [4.78, 5) is 14.5. The van der Waals surface area contributed by atoms with E-state index in [0.717, 1.165) is 36.5 Å².